The van der Waals surface area contributed by atoms with Gasteiger partial charge in [0.1, 0.15) is 35.4 Å². The Morgan fingerprint density at radius 3 is 2.42 bits per heavy atom. The van der Waals surface area contributed by atoms with E-state index in [9.17, 15) is 19.2 Å². The van der Waals surface area contributed by atoms with Crippen LogP contribution in [0.4, 0.5) is 5.82 Å². The van der Waals surface area contributed by atoms with Crippen LogP contribution in [0.15, 0.2) is 85.3 Å². The molecule has 0 radical (unpaired) electrons. The van der Waals surface area contributed by atoms with Crippen LogP contribution in [0.1, 0.15) is 70.1 Å². The molecule has 3 aromatic carbocycles. The molecule has 6 aromatic rings. The minimum Gasteiger partial charge on any atom is -0.457 e. The van der Waals surface area contributed by atoms with Crippen LogP contribution in [0.3, 0.4) is 0 Å². The molecule has 342 valence electrons. The van der Waals surface area contributed by atoms with Gasteiger partial charge in [0, 0.05) is 43.8 Å². The number of amides is 4. The lowest BCUT2D eigenvalue weighted by Gasteiger charge is -2.32. The number of nitrogens with two attached hydrogens (primary N) is 1. The third-order valence-electron chi connectivity index (χ3n) is 12.0. The largest absolute Gasteiger partial charge is 0.457 e. The summed E-state index contributed by atoms with van der Waals surface area (Å²) in [5.74, 6) is 0.669. The van der Waals surface area contributed by atoms with Crippen LogP contribution in [0.2, 0.25) is 0 Å². The summed E-state index contributed by atoms with van der Waals surface area (Å²) < 4.78 is 26.6. The number of piperidine rings is 2. The quantitative estimate of drug-likeness (QED) is 0.0851. The van der Waals surface area contributed by atoms with Gasteiger partial charge in [-0.2, -0.15) is 5.10 Å². The zero-order chi connectivity index (χ0) is 45.4. The SMILES string of the molecule is Nc1ncnc2c1c(-c1ccc(Oc3ccccc3)cc1)nn2C1CCCN(C(=O)c2cn(CCOCCOCCOCCCc3cccc4c3CN(C3CCC(=O)NC3=O)C4=O)nn2)C1. The first-order valence-corrected chi connectivity index (χ1v) is 22.3. The topological polar surface area (TPSA) is 224 Å². The number of hydrogen-bond acceptors (Lipinski definition) is 14. The van der Waals surface area contributed by atoms with Crippen molar-refractivity contribution in [1.82, 2.24) is 49.9 Å². The summed E-state index contributed by atoms with van der Waals surface area (Å²) in [5, 5.41) is 16.4. The number of rotatable bonds is 19. The van der Waals surface area contributed by atoms with Crippen LogP contribution in [-0.4, -0.2) is 127 Å². The van der Waals surface area contributed by atoms with Crippen molar-refractivity contribution < 1.29 is 38.1 Å². The van der Waals surface area contributed by atoms with Gasteiger partial charge in [0.15, 0.2) is 11.3 Å². The molecule has 2 saturated heterocycles. The van der Waals surface area contributed by atoms with Gasteiger partial charge in [-0.25, -0.2) is 19.3 Å². The zero-order valence-electron chi connectivity index (χ0n) is 36.4. The normalized spacial score (nSPS) is 17.4. The first-order chi connectivity index (χ1) is 32.3. The number of nitrogens with one attached hydrogen (secondary N) is 1. The average Bonchev–Trinajstić information content (AvgIpc) is 4.07. The van der Waals surface area contributed by atoms with E-state index in [1.54, 1.807) is 26.7 Å². The van der Waals surface area contributed by atoms with Gasteiger partial charge >= 0.3 is 0 Å². The minimum atomic E-state index is -0.631. The molecule has 19 heteroatoms. The van der Waals surface area contributed by atoms with E-state index in [1.807, 2.05) is 71.4 Å². The smallest absolute Gasteiger partial charge is 0.276 e. The fourth-order valence-corrected chi connectivity index (χ4v) is 8.71. The molecule has 3 aromatic heterocycles. The Kier molecular flexibility index (Phi) is 13.6. The number of aryl methyl sites for hydroxylation is 1. The first-order valence-electron chi connectivity index (χ1n) is 22.3. The summed E-state index contributed by atoms with van der Waals surface area (Å²) in [6.45, 7) is 4.31. The molecule has 0 bridgehead atoms. The Morgan fingerprint density at radius 2 is 1.62 bits per heavy atom. The molecule has 3 aliphatic rings. The summed E-state index contributed by atoms with van der Waals surface area (Å²) in [7, 11) is 0. The van der Waals surface area contributed by atoms with Crippen LogP contribution in [0.5, 0.6) is 11.5 Å². The Hall–Kier alpha value is -7.09. The number of carbonyl (C=O) groups excluding carboxylic acids is 4. The Morgan fingerprint density at radius 1 is 0.848 bits per heavy atom. The zero-order valence-corrected chi connectivity index (χ0v) is 36.4. The fraction of sp³-hybridized carbons (Fsp3) is 0.383. The number of carbonyl (C=O) groups is 4. The van der Waals surface area contributed by atoms with E-state index >= 15 is 0 Å². The molecule has 19 nitrogen and oxygen atoms in total. The van der Waals surface area contributed by atoms with Crippen molar-refractivity contribution in [3.63, 3.8) is 0 Å². The molecule has 0 saturated carbocycles. The number of hydrogen-bond donors (Lipinski definition) is 2. The van der Waals surface area contributed by atoms with E-state index in [2.05, 4.69) is 25.6 Å². The van der Waals surface area contributed by atoms with Crippen molar-refractivity contribution >= 4 is 40.5 Å². The van der Waals surface area contributed by atoms with Gasteiger partial charge in [-0.05, 0) is 85.7 Å². The second-order valence-electron chi connectivity index (χ2n) is 16.4. The lowest BCUT2D eigenvalue weighted by molar-refractivity contribution is -0.136. The number of aromatic nitrogens is 7. The lowest BCUT2D eigenvalue weighted by atomic mass is 10.00. The highest BCUT2D eigenvalue weighted by Crippen LogP contribution is 2.35. The molecule has 3 N–H and O–H groups in total. The number of fused-ring (bicyclic) bond motifs is 2. The average molecular weight is 898 g/mol. The Balaban J connectivity index is 0.677. The van der Waals surface area contributed by atoms with Gasteiger partial charge in [0.2, 0.25) is 11.8 Å². The third kappa shape index (κ3) is 9.92. The molecule has 4 amide bonds. The highest BCUT2D eigenvalue weighted by molar-refractivity contribution is 6.05. The van der Waals surface area contributed by atoms with Crippen LogP contribution in [0.25, 0.3) is 22.3 Å². The molecule has 0 spiro atoms. The second-order valence-corrected chi connectivity index (χ2v) is 16.4. The number of likely N-dealkylation sites (tertiary alicyclic amines) is 1. The van der Waals surface area contributed by atoms with Crippen molar-refractivity contribution in [1.29, 1.82) is 0 Å². The molecule has 66 heavy (non-hydrogen) atoms. The van der Waals surface area contributed by atoms with Crippen molar-refractivity contribution in [3.8, 4) is 22.8 Å². The highest BCUT2D eigenvalue weighted by Gasteiger charge is 2.39. The molecule has 2 atom stereocenters. The van der Waals surface area contributed by atoms with Gasteiger partial charge in [0.25, 0.3) is 11.8 Å². The van der Waals surface area contributed by atoms with Crippen molar-refractivity contribution in [2.24, 2.45) is 0 Å². The standard InChI is InChI=1S/C47H51N11O8/c48-43-41-42(32-13-15-35(16-14-32)66-34-10-2-1-3-11-34)53-58(44(41)50-30-49-43)33-9-5-19-55(27-33)47(62)38-29-56(54-52-38)20-22-64-24-26-65-25-23-63-21-6-8-31-7-4-12-36-37(31)28-57(46(36)61)39-17-18-40(59)51-45(39)60/h1-4,7,10-16,29-30,33,39H,5-6,8-9,17-28H2,(H2,48,49,50)(H,51,59,60). The van der Waals surface area contributed by atoms with Gasteiger partial charge in [-0.3, -0.25) is 24.5 Å². The van der Waals surface area contributed by atoms with E-state index in [0.29, 0.717) is 106 Å². The summed E-state index contributed by atoms with van der Waals surface area (Å²) in [4.78, 5) is 63.0. The Labute approximate surface area is 380 Å². The van der Waals surface area contributed by atoms with Gasteiger partial charge in [0.05, 0.1) is 57.2 Å². The molecule has 0 aliphatic carbocycles. The first kappa shape index (κ1) is 44.1. The van der Waals surface area contributed by atoms with E-state index in [1.165, 1.54) is 6.33 Å². The lowest BCUT2D eigenvalue weighted by Crippen LogP contribution is -2.52. The number of imide groups is 1. The van der Waals surface area contributed by atoms with Crippen LogP contribution >= 0.6 is 0 Å². The molecule has 3 aliphatic heterocycles. The summed E-state index contributed by atoms with van der Waals surface area (Å²) >= 11 is 0. The van der Waals surface area contributed by atoms with E-state index in [-0.39, 0.29) is 35.9 Å². The minimum absolute atomic E-state index is 0.149. The molecule has 2 fully saturated rings. The van der Waals surface area contributed by atoms with E-state index in [0.717, 1.165) is 48.1 Å². The van der Waals surface area contributed by atoms with Gasteiger partial charge in [-0.1, -0.05) is 35.5 Å². The second kappa shape index (κ2) is 20.4. The fourth-order valence-electron chi connectivity index (χ4n) is 8.71. The van der Waals surface area contributed by atoms with Crippen LogP contribution < -0.4 is 15.8 Å². The van der Waals surface area contributed by atoms with Crippen molar-refractivity contribution in [2.75, 3.05) is 58.5 Å². The number of anilines is 1. The van der Waals surface area contributed by atoms with E-state index in [4.69, 9.17) is 29.8 Å². The van der Waals surface area contributed by atoms with Crippen LogP contribution in [-0.2, 0) is 43.3 Å². The highest BCUT2D eigenvalue weighted by atomic mass is 16.5. The Bertz CT molecular complexity index is 2690. The van der Waals surface area contributed by atoms with Gasteiger partial charge in [-0.15, -0.1) is 5.10 Å². The number of nitrogen functional groups attached to an aromatic ring is 1. The van der Waals surface area contributed by atoms with E-state index < -0.39 is 11.9 Å². The number of nitrogens with zero attached hydrogens (tertiary/aromatic N) is 9. The molecular weight excluding hydrogens is 847 g/mol. The molecule has 6 heterocycles. The number of benzene rings is 3. The van der Waals surface area contributed by atoms with Gasteiger partial charge < -0.3 is 34.5 Å². The third-order valence-corrected chi connectivity index (χ3v) is 12.0. The molecule has 2 unspecified atom stereocenters. The maximum absolute atomic E-state index is 13.7. The predicted molar refractivity (Wildman–Crippen MR) is 239 cm³/mol. The predicted octanol–water partition coefficient (Wildman–Crippen LogP) is 4.38. The maximum Gasteiger partial charge on any atom is 0.276 e. The summed E-state index contributed by atoms with van der Waals surface area (Å²) in [6.07, 6.45) is 6.70. The number of para-hydroxylation sites is 1. The van der Waals surface area contributed by atoms with Crippen molar-refractivity contribution in [2.45, 2.75) is 63.7 Å². The summed E-state index contributed by atoms with van der Waals surface area (Å²) in [5.41, 5.74) is 11.4. The molecule has 9 rings (SSSR count). The van der Waals surface area contributed by atoms with Crippen LogP contribution in [0, 0.1) is 0 Å². The van der Waals surface area contributed by atoms with Crippen molar-refractivity contribution in [3.05, 3.63) is 108 Å². The monoisotopic (exact) mass is 897 g/mol. The summed E-state index contributed by atoms with van der Waals surface area (Å²) in [6, 6.07) is 22.1. The molecular formula is C47H51N11O8. The maximum atomic E-state index is 13.7. The number of ether oxygens (including phenoxy) is 4.